The molecule has 5 nitrogen and oxygen atoms in total. The number of alkyl halides is 3. The fraction of sp³-hybridized carbons (Fsp3) is 0.0714. The molecule has 112 valence electrons. The van der Waals surface area contributed by atoms with E-state index in [0.717, 1.165) is 22.9 Å². The highest BCUT2D eigenvalue weighted by Gasteiger charge is 2.34. The predicted octanol–water partition coefficient (Wildman–Crippen LogP) is 2.86. The first kappa shape index (κ1) is 15.3. The van der Waals surface area contributed by atoms with Crippen LogP contribution >= 0.6 is 0 Å². The van der Waals surface area contributed by atoms with Crippen molar-refractivity contribution in [3.63, 3.8) is 0 Å². The van der Waals surface area contributed by atoms with Gasteiger partial charge in [0.25, 0.3) is 0 Å². The number of halogens is 3. The average Bonchev–Trinajstić information content (AvgIpc) is 2.92. The van der Waals surface area contributed by atoms with Crippen molar-refractivity contribution >= 4 is 12.0 Å². The van der Waals surface area contributed by atoms with Crippen molar-refractivity contribution in [3.8, 4) is 11.8 Å². The van der Waals surface area contributed by atoms with Crippen LogP contribution in [0.2, 0.25) is 0 Å². The molecule has 0 aliphatic rings. The molecule has 0 aliphatic heterocycles. The summed E-state index contributed by atoms with van der Waals surface area (Å²) in [4.78, 5) is 10.4. The molecule has 0 amide bonds. The fourth-order valence-corrected chi connectivity index (χ4v) is 1.73. The molecule has 0 saturated heterocycles. The minimum absolute atomic E-state index is 0.112. The molecular weight excluding hydrogens is 299 g/mol. The predicted molar refractivity (Wildman–Crippen MR) is 70.0 cm³/mol. The van der Waals surface area contributed by atoms with Crippen molar-refractivity contribution < 1.29 is 23.1 Å². The minimum atomic E-state index is -4.65. The number of nitrogens with zero attached hydrogens (tertiary/aromatic N) is 3. The molecule has 0 saturated carbocycles. The van der Waals surface area contributed by atoms with Crippen molar-refractivity contribution in [2.45, 2.75) is 6.18 Å². The molecule has 1 aromatic carbocycles. The summed E-state index contributed by atoms with van der Waals surface area (Å²) in [5.41, 5.74) is -1.14. The van der Waals surface area contributed by atoms with E-state index in [0.29, 0.717) is 0 Å². The highest BCUT2D eigenvalue weighted by molar-refractivity contribution is 5.84. The molecule has 1 N–H and O–H groups in total. The van der Waals surface area contributed by atoms with E-state index in [1.54, 1.807) is 0 Å². The van der Waals surface area contributed by atoms with Gasteiger partial charge in [0.05, 0.1) is 28.6 Å². The minimum Gasteiger partial charge on any atom is -0.478 e. The van der Waals surface area contributed by atoms with Gasteiger partial charge in [-0.25, -0.2) is 9.48 Å². The summed E-state index contributed by atoms with van der Waals surface area (Å²) in [5, 5.41) is 21.2. The number of carboxylic acids is 1. The van der Waals surface area contributed by atoms with Crippen LogP contribution in [0.3, 0.4) is 0 Å². The first-order chi connectivity index (χ1) is 10.3. The second-order valence-corrected chi connectivity index (χ2v) is 4.20. The Hall–Kier alpha value is -3.08. The van der Waals surface area contributed by atoms with Gasteiger partial charge in [0.1, 0.15) is 0 Å². The third-order valence-electron chi connectivity index (χ3n) is 2.70. The summed E-state index contributed by atoms with van der Waals surface area (Å²) in [5.74, 6) is -1.16. The third kappa shape index (κ3) is 3.32. The molecule has 0 unspecified atom stereocenters. The molecule has 1 aromatic heterocycles. The quantitative estimate of drug-likeness (QED) is 0.884. The second-order valence-electron chi connectivity index (χ2n) is 4.20. The van der Waals surface area contributed by atoms with E-state index in [9.17, 15) is 18.0 Å². The molecule has 1 heterocycles. The largest absolute Gasteiger partial charge is 0.478 e. The molecule has 0 atom stereocenters. The van der Waals surface area contributed by atoms with Gasteiger partial charge in [-0.05, 0) is 30.3 Å². The molecule has 8 heteroatoms. The van der Waals surface area contributed by atoms with Gasteiger partial charge >= 0.3 is 12.1 Å². The second kappa shape index (κ2) is 5.73. The van der Waals surface area contributed by atoms with Gasteiger partial charge in [0, 0.05) is 12.3 Å². The smallest absolute Gasteiger partial charge is 0.417 e. The molecule has 0 radical (unpaired) electrons. The van der Waals surface area contributed by atoms with E-state index >= 15 is 0 Å². The van der Waals surface area contributed by atoms with Gasteiger partial charge in [-0.2, -0.15) is 23.5 Å². The Bertz CT molecular complexity index is 785. The first-order valence-electron chi connectivity index (χ1n) is 5.89. The van der Waals surface area contributed by atoms with Crippen LogP contribution in [0, 0.1) is 11.3 Å². The molecule has 0 aliphatic carbocycles. The molecule has 0 bridgehead atoms. The Morgan fingerprint density at radius 2 is 2.09 bits per heavy atom. The summed E-state index contributed by atoms with van der Waals surface area (Å²) >= 11 is 0. The number of aliphatic carboxylic acids is 1. The summed E-state index contributed by atoms with van der Waals surface area (Å²) in [7, 11) is 0. The van der Waals surface area contributed by atoms with Gasteiger partial charge in [0.15, 0.2) is 0 Å². The molecule has 2 aromatic rings. The summed E-state index contributed by atoms with van der Waals surface area (Å²) in [6.45, 7) is 0. The summed E-state index contributed by atoms with van der Waals surface area (Å²) in [6.07, 6.45) is -1.18. The van der Waals surface area contributed by atoms with Crippen LogP contribution < -0.4 is 0 Å². The maximum Gasteiger partial charge on any atom is 0.417 e. The van der Waals surface area contributed by atoms with Crippen molar-refractivity contribution in [2.75, 3.05) is 0 Å². The van der Waals surface area contributed by atoms with Crippen LogP contribution in [-0.4, -0.2) is 20.9 Å². The van der Waals surface area contributed by atoms with Crippen LogP contribution in [0.25, 0.3) is 11.8 Å². The highest BCUT2D eigenvalue weighted by atomic mass is 19.4. The topological polar surface area (TPSA) is 78.9 Å². The lowest BCUT2D eigenvalue weighted by Crippen LogP contribution is -2.09. The Labute approximate surface area is 122 Å². The number of rotatable bonds is 3. The van der Waals surface area contributed by atoms with E-state index in [1.165, 1.54) is 30.5 Å². The Kier molecular flexibility index (Phi) is 3.99. The molecule has 0 spiro atoms. The normalized spacial score (nSPS) is 11.5. The maximum absolute atomic E-state index is 12.9. The summed E-state index contributed by atoms with van der Waals surface area (Å²) in [6, 6.07) is 6.14. The molecule has 22 heavy (non-hydrogen) atoms. The third-order valence-corrected chi connectivity index (χ3v) is 2.70. The van der Waals surface area contributed by atoms with Crippen LogP contribution in [0.5, 0.6) is 0 Å². The lowest BCUT2D eigenvalue weighted by molar-refractivity contribution is -0.137. The summed E-state index contributed by atoms with van der Waals surface area (Å²) < 4.78 is 39.8. The van der Waals surface area contributed by atoms with E-state index in [-0.39, 0.29) is 11.4 Å². The highest BCUT2D eigenvalue weighted by Crippen LogP contribution is 2.33. The van der Waals surface area contributed by atoms with Gasteiger partial charge in [-0.3, -0.25) is 0 Å². The standard InChI is InChI=1S/C14H8F3N3O2/c15-14(16,17)12-7-11(3-1-9(12)8-18)20-6-5-10(19-20)2-4-13(21)22/h1-7H,(H,21,22)/b4-2+. The number of benzene rings is 1. The number of hydrogen-bond donors (Lipinski definition) is 1. The van der Waals surface area contributed by atoms with Gasteiger partial charge < -0.3 is 5.11 Å². The Balaban J connectivity index is 2.42. The number of hydrogen-bond acceptors (Lipinski definition) is 3. The van der Waals surface area contributed by atoms with Crippen LogP contribution in [-0.2, 0) is 11.0 Å². The van der Waals surface area contributed by atoms with E-state index in [4.69, 9.17) is 10.4 Å². The van der Waals surface area contributed by atoms with E-state index in [2.05, 4.69) is 5.10 Å². The van der Waals surface area contributed by atoms with Crippen molar-refractivity contribution in [1.82, 2.24) is 9.78 Å². The number of carboxylic acid groups (broad SMARTS) is 1. The van der Waals surface area contributed by atoms with E-state index in [1.807, 2.05) is 0 Å². The van der Waals surface area contributed by atoms with E-state index < -0.39 is 23.3 Å². The van der Waals surface area contributed by atoms with Crippen LogP contribution in [0.4, 0.5) is 13.2 Å². The number of aromatic nitrogens is 2. The van der Waals surface area contributed by atoms with Gasteiger partial charge in [0.2, 0.25) is 0 Å². The number of carbonyl (C=O) groups is 1. The van der Waals surface area contributed by atoms with Crippen LogP contribution in [0.15, 0.2) is 36.5 Å². The van der Waals surface area contributed by atoms with Gasteiger partial charge in [-0.15, -0.1) is 0 Å². The molecule has 2 rings (SSSR count). The van der Waals surface area contributed by atoms with Crippen molar-refractivity contribution in [1.29, 1.82) is 5.26 Å². The Morgan fingerprint density at radius 3 is 2.68 bits per heavy atom. The first-order valence-corrected chi connectivity index (χ1v) is 5.89. The van der Waals surface area contributed by atoms with Gasteiger partial charge in [-0.1, -0.05) is 0 Å². The lowest BCUT2D eigenvalue weighted by atomic mass is 10.1. The molecular formula is C14H8F3N3O2. The van der Waals surface area contributed by atoms with Crippen LogP contribution in [0.1, 0.15) is 16.8 Å². The fourth-order valence-electron chi connectivity index (χ4n) is 1.73. The lowest BCUT2D eigenvalue weighted by Gasteiger charge is -2.10. The zero-order valence-corrected chi connectivity index (χ0v) is 10.9. The number of nitriles is 1. The SMILES string of the molecule is N#Cc1ccc(-n2ccc(/C=C/C(=O)O)n2)cc1C(F)(F)F. The zero-order chi connectivity index (χ0) is 16.3. The van der Waals surface area contributed by atoms with Crippen molar-refractivity contribution in [2.24, 2.45) is 0 Å². The zero-order valence-electron chi connectivity index (χ0n) is 10.9. The van der Waals surface area contributed by atoms with Crippen molar-refractivity contribution in [3.05, 3.63) is 53.4 Å². The monoisotopic (exact) mass is 307 g/mol. The maximum atomic E-state index is 12.9. The average molecular weight is 307 g/mol. The Morgan fingerprint density at radius 1 is 1.36 bits per heavy atom. The molecule has 0 fully saturated rings.